The average molecular weight is 330 g/mol. The topological polar surface area (TPSA) is 64.8 Å². The lowest BCUT2D eigenvalue weighted by molar-refractivity contribution is -0.123. The first-order chi connectivity index (χ1) is 11.6. The van der Waals surface area contributed by atoms with Gasteiger partial charge in [-0.25, -0.2) is 0 Å². The van der Waals surface area contributed by atoms with E-state index in [1.807, 2.05) is 18.2 Å². The molecule has 1 heterocycles. The molecule has 24 heavy (non-hydrogen) atoms. The smallest absolute Gasteiger partial charge is 0.220 e. The SMILES string of the molecule is C=CCOc1ccc(CN2CCC(C(N)=O)CC2)c(OCC=C)c1. The summed E-state index contributed by atoms with van der Waals surface area (Å²) in [6.07, 6.45) is 5.07. The van der Waals surface area contributed by atoms with E-state index in [0.717, 1.165) is 49.5 Å². The van der Waals surface area contributed by atoms with Gasteiger partial charge in [0.25, 0.3) is 0 Å². The minimum absolute atomic E-state index is 0.00687. The molecule has 2 rings (SSSR count). The van der Waals surface area contributed by atoms with E-state index in [4.69, 9.17) is 15.2 Å². The Kier molecular flexibility index (Phi) is 6.88. The van der Waals surface area contributed by atoms with Gasteiger partial charge in [-0.3, -0.25) is 9.69 Å². The molecule has 2 N–H and O–H groups in total. The Balaban J connectivity index is 2.03. The van der Waals surface area contributed by atoms with Crippen LogP contribution in [0, 0.1) is 5.92 Å². The molecule has 1 saturated heterocycles. The molecule has 0 aromatic heterocycles. The maximum Gasteiger partial charge on any atom is 0.220 e. The van der Waals surface area contributed by atoms with Gasteiger partial charge in [-0.15, -0.1) is 0 Å². The van der Waals surface area contributed by atoms with Crippen molar-refractivity contribution in [2.45, 2.75) is 19.4 Å². The maximum absolute atomic E-state index is 11.3. The van der Waals surface area contributed by atoms with Crippen molar-refractivity contribution in [3.05, 3.63) is 49.1 Å². The lowest BCUT2D eigenvalue weighted by Crippen LogP contribution is -2.38. The van der Waals surface area contributed by atoms with Crippen molar-refractivity contribution in [3.63, 3.8) is 0 Å². The second-order valence-corrected chi connectivity index (χ2v) is 5.92. The second kappa shape index (κ2) is 9.13. The Hall–Kier alpha value is -2.27. The molecule has 130 valence electrons. The number of benzene rings is 1. The van der Waals surface area contributed by atoms with Gasteiger partial charge in [-0.2, -0.15) is 0 Å². The van der Waals surface area contributed by atoms with Gasteiger partial charge < -0.3 is 15.2 Å². The largest absolute Gasteiger partial charge is 0.489 e. The number of amides is 1. The third-order valence-electron chi connectivity index (χ3n) is 4.15. The highest BCUT2D eigenvalue weighted by atomic mass is 16.5. The van der Waals surface area contributed by atoms with Crippen molar-refractivity contribution in [3.8, 4) is 11.5 Å². The highest BCUT2D eigenvalue weighted by molar-refractivity contribution is 5.76. The van der Waals surface area contributed by atoms with Crippen LogP contribution in [-0.2, 0) is 11.3 Å². The van der Waals surface area contributed by atoms with Crippen molar-refractivity contribution in [2.75, 3.05) is 26.3 Å². The number of nitrogens with two attached hydrogens (primary N) is 1. The van der Waals surface area contributed by atoms with Crippen LogP contribution in [0.3, 0.4) is 0 Å². The van der Waals surface area contributed by atoms with E-state index in [2.05, 4.69) is 18.1 Å². The normalized spacial score (nSPS) is 15.7. The fraction of sp³-hybridized carbons (Fsp3) is 0.421. The molecule has 1 aromatic rings. The van der Waals surface area contributed by atoms with Crippen molar-refractivity contribution in [1.82, 2.24) is 4.90 Å². The molecule has 0 radical (unpaired) electrons. The first-order valence-electron chi connectivity index (χ1n) is 8.26. The van der Waals surface area contributed by atoms with E-state index >= 15 is 0 Å². The van der Waals surface area contributed by atoms with E-state index in [0.29, 0.717) is 13.2 Å². The first-order valence-corrected chi connectivity index (χ1v) is 8.26. The molecular formula is C19H26N2O3. The van der Waals surface area contributed by atoms with Gasteiger partial charge in [0.15, 0.2) is 0 Å². The molecule has 0 saturated carbocycles. The maximum atomic E-state index is 11.3. The Bertz CT molecular complexity index is 578. The molecule has 5 heteroatoms. The number of likely N-dealkylation sites (tertiary alicyclic amines) is 1. The summed E-state index contributed by atoms with van der Waals surface area (Å²) in [6.45, 7) is 10.8. The number of ether oxygens (including phenoxy) is 2. The van der Waals surface area contributed by atoms with E-state index < -0.39 is 0 Å². The van der Waals surface area contributed by atoms with Crippen LogP contribution in [0.15, 0.2) is 43.5 Å². The fourth-order valence-corrected chi connectivity index (χ4v) is 2.81. The molecule has 1 amide bonds. The first kappa shape index (κ1) is 18.1. The number of hydrogen-bond acceptors (Lipinski definition) is 4. The van der Waals surface area contributed by atoms with Gasteiger partial charge in [0, 0.05) is 24.1 Å². The number of nitrogens with zero attached hydrogens (tertiary/aromatic N) is 1. The lowest BCUT2D eigenvalue weighted by atomic mass is 9.96. The van der Waals surface area contributed by atoms with Gasteiger partial charge in [0.1, 0.15) is 24.7 Å². The number of carbonyl (C=O) groups is 1. The fourth-order valence-electron chi connectivity index (χ4n) is 2.81. The van der Waals surface area contributed by atoms with Gasteiger partial charge in [-0.1, -0.05) is 31.4 Å². The molecule has 0 bridgehead atoms. The zero-order valence-corrected chi connectivity index (χ0v) is 14.1. The lowest BCUT2D eigenvalue weighted by Gasteiger charge is -2.30. The van der Waals surface area contributed by atoms with E-state index in [1.54, 1.807) is 12.2 Å². The van der Waals surface area contributed by atoms with Crippen molar-refractivity contribution >= 4 is 5.91 Å². The van der Waals surface area contributed by atoms with E-state index in [9.17, 15) is 4.79 Å². The highest BCUT2D eigenvalue weighted by Crippen LogP contribution is 2.28. The summed E-state index contributed by atoms with van der Waals surface area (Å²) in [5, 5.41) is 0. The predicted octanol–water partition coefficient (Wildman–Crippen LogP) is 2.51. The van der Waals surface area contributed by atoms with Crippen molar-refractivity contribution in [1.29, 1.82) is 0 Å². The summed E-state index contributed by atoms with van der Waals surface area (Å²) in [5.41, 5.74) is 6.49. The highest BCUT2D eigenvalue weighted by Gasteiger charge is 2.23. The monoisotopic (exact) mass is 330 g/mol. The molecule has 0 unspecified atom stereocenters. The van der Waals surface area contributed by atoms with Crippen LogP contribution in [0.1, 0.15) is 18.4 Å². The Labute approximate surface area is 143 Å². The summed E-state index contributed by atoms with van der Waals surface area (Å²) in [6, 6.07) is 5.87. The summed E-state index contributed by atoms with van der Waals surface area (Å²) in [5.74, 6) is 1.37. The van der Waals surface area contributed by atoms with Crippen LogP contribution in [0.5, 0.6) is 11.5 Å². The number of primary amides is 1. The molecule has 0 aliphatic carbocycles. The van der Waals surface area contributed by atoms with Gasteiger partial charge in [0.2, 0.25) is 5.91 Å². The average Bonchev–Trinajstić information content (AvgIpc) is 2.60. The number of carbonyl (C=O) groups excluding carboxylic acids is 1. The van der Waals surface area contributed by atoms with E-state index in [-0.39, 0.29) is 11.8 Å². The van der Waals surface area contributed by atoms with Gasteiger partial charge in [-0.05, 0) is 32.0 Å². The predicted molar refractivity (Wildman–Crippen MR) is 95.0 cm³/mol. The summed E-state index contributed by atoms with van der Waals surface area (Å²) in [7, 11) is 0. The zero-order valence-electron chi connectivity index (χ0n) is 14.1. The van der Waals surface area contributed by atoms with Crippen LogP contribution in [0.4, 0.5) is 0 Å². The number of piperidine rings is 1. The molecule has 1 aromatic carbocycles. The molecule has 1 fully saturated rings. The van der Waals surface area contributed by atoms with E-state index in [1.165, 1.54) is 0 Å². The van der Waals surface area contributed by atoms with Crippen LogP contribution in [0.25, 0.3) is 0 Å². The standard InChI is InChI=1S/C19H26N2O3/c1-3-11-23-17-6-5-16(18(13-17)24-12-4-2)14-21-9-7-15(8-10-21)19(20)22/h3-6,13,15H,1-2,7-12,14H2,(H2,20,22). The second-order valence-electron chi connectivity index (χ2n) is 5.92. The minimum atomic E-state index is -0.187. The minimum Gasteiger partial charge on any atom is -0.489 e. The summed E-state index contributed by atoms with van der Waals surface area (Å²) >= 11 is 0. The van der Waals surface area contributed by atoms with Crippen LogP contribution in [-0.4, -0.2) is 37.1 Å². The molecule has 1 aliphatic heterocycles. The number of rotatable bonds is 9. The van der Waals surface area contributed by atoms with Crippen molar-refractivity contribution < 1.29 is 14.3 Å². The Morgan fingerprint density at radius 1 is 1.21 bits per heavy atom. The quantitative estimate of drug-likeness (QED) is 0.707. The summed E-state index contributed by atoms with van der Waals surface area (Å²) in [4.78, 5) is 13.6. The molecule has 5 nitrogen and oxygen atoms in total. The number of hydrogen-bond donors (Lipinski definition) is 1. The van der Waals surface area contributed by atoms with Crippen molar-refractivity contribution in [2.24, 2.45) is 11.7 Å². The van der Waals surface area contributed by atoms with Gasteiger partial charge >= 0.3 is 0 Å². The van der Waals surface area contributed by atoms with Crippen LogP contribution >= 0.6 is 0 Å². The van der Waals surface area contributed by atoms with Crippen LogP contribution < -0.4 is 15.2 Å². The van der Waals surface area contributed by atoms with Crippen LogP contribution in [0.2, 0.25) is 0 Å². The molecule has 1 aliphatic rings. The third-order valence-corrected chi connectivity index (χ3v) is 4.15. The Morgan fingerprint density at radius 3 is 2.50 bits per heavy atom. The molecular weight excluding hydrogens is 304 g/mol. The molecule has 0 atom stereocenters. The molecule has 0 spiro atoms. The zero-order chi connectivity index (χ0) is 17.4. The Morgan fingerprint density at radius 2 is 1.88 bits per heavy atom. The third kappa shape index (κ3) is 5.13. The summed E-state index contributed by atoms with van der Waals surface area (Å²) < 4.78 is 11.4. The van der Waals surface area contributed by atoms with Gasteiger partial charge in [0.05, 0.1) is 0 Å².